The molecule has 24 heavy (non-hydrogen) atoms. The molecule has 0 aromatic heterocycles. The van der Waals surface area contributed by atoms with Crippen LogP contribution in [-0.4, -0.2) is 25.5 Å². The Morgan fingerprint density at radius 2 is 1.75 bits per heavy atom. The predicted octanol–water partition coefficient (Wildman–Crippen LogP) is 4.22. The van der Waals surface area contributed by atoms with Gasteiger partial charge in [-0.3, -0.25) is 4.79 Å². The van der Waals surface area contributed by atoms with E-state index in [0.717, 1.165) is 5.69 Å². The van der Waals surface area contributed by atoms with Crippen LogP contribution in [0.15, 0.2) is 42.5 Å². The second-order valence-corrected chi connectivity index (χ2v) is 5.79. The van der Waals surface area contributed by atoms with E-state index in [0.29, 0.717) is 27.8 Å². The summed E-state index contributed by atoms with van der Waals surface area (Å²) in [5.74, 6) is -0.732. The number of amides is 1. The molecule has 1 amide bonds. The van der Waals surface area contributed by atoms with Gasteiger partial charge in [-0.2, -0.15) is 0 Å². The van der Waals surface area contributed by atoms with Crippen molar-refractivity contribution in [3.05, 3.63) is 58.1 Å². The van der Waals surface area contributed by atoms with Crippen molar-refractivity contribution >= 4 is 46.5 Å². The summed E-state index contributed by atoms with van der Waals surface area (Å²) in [5.41, 5.74) is 1.46. The van der Waals surface area contributed by atoms with Crippen LogP contribution in [0.5, 0.6) is 0 Å². The summed E-state index contributed by atoms with van der Waals surface area (Å²) in [6.07, 6.45) is 0.208. The largest absolute Gasteiger partial charge is 0.465 e. The highest BCUT2D eigenvalue weighted by Gasteiger charge is 2.13. The average Bonchev–Trinajstić information content (AvgIpc) is 2.53. The molecule has 2 aromatic carbocycles. The highest BCUT2D eigenvalue weighted by Crippen LogP contribution is 2.22. The van der Waals surface area contributed by atoms with Crippen LogP contribution in [0.25, 0.3) is 0 Å². The first-order chi connectivity index (χ1) is 11.5. The smallest absolute Gasteiger partial charge is 0.339 e. The lowest BCUT2D eigenvalue weighted by molar-refractivity contribution is -0.115. The normalized spacial score (nSPS) is 10.1. The van der Waals surface area contributed by atoms with E-state index in [1.165, 1.54) is 7.11 Å². The van der Waals surface area contributed by atoms with Gasteiger partial charge < -0.3 is 15.4 Å². The van der Waals surface area contributed by atoms with Crippen LogP contribution in [0.4, 0.5) is 11.4 Å². The Bertz CT molecular complexity index is 730. The van der Waals surface area contributed by atoms with E-state index in [2.05, 4.69) is 10.6 Å². The number of para-hydroxylation sites is 1. The molecule has 0 aliphatic heterocycles. The quantitative estimate of drug-likeness (QED) is 0.751. The maximum Gasteiger partial charge on any atom is 0.339 e. The summed E-state index contributed by atoms with van der Waals surface area (Å²) >= 11 is 11.8. The molecule has 0 aliphatic rings. The van der Waals surface area contributed by atoms with Gasteiger partial charge in [0.05, 0.1) is 18.4 Å². The second kappa shape index (κ2) is 8.57. The van der Waals surface area contributed by atoms with Crippen molar-refractivity contribution in [2.75, 3.05) is 24.3 Å². The van der Waals surface area contributed by atoms with E-state index in [1.54, 1.807) is 42.5 Å². The number of carbonyl (C=O) groups excluding carboxylic acids is 2. The number of ether oxygens (including phenoxy) is 1. The zero-order valence-corrected chi connectivity index (χ0v) is 14.4. The Balaban J connectivity index is 1.91. The molecule has 0 saturated heterocycles. The number of methoxy groups -OCH3 is 1. The topological polar surface area (TPSA) is 67.4 Å². The number of carbonyl (C=O) groups is 2. The van der Waals surface area contributed by atoms with E-state index in [1.807, 2.05) is 0 Å². The average molecular weight is 367 g/mol. The van der Waals surface area contributed by atoms with Crippen LogP contribution in [0.1, 0.15) is 16.8 Å². The standard InChI is InChI=1S/C17H16Cl2N2O3/c1-24-17(23)14-4-2-3-5-15(14)21-16(22)6-7-20-13-9-11(18)8-12(19)10-13/h2-5,8-10,20H,6-7H2,1H3,(H,21,22). The van der Waals surface area contributed by atoms with E-state index in [9.17, 15) is 9.59 Å². The second-order valence-electron chi connectivity index (χ2n) is 4.92. The molecule has 5 nitrogen and oxygen atoms in total. The maximum absolute atomic E-state index is 12.0. The van der Waals surface area contributed by atoms with E-state index in [-0.39, 0.29) is 12.3 Å². The Labute approximate surface area is 149 Å². The molecule has 0 heterocycles. The van der Waals surface area contributed by atoms with Crippen LogP contribution in [-0.2, 0) is 9.53 Å². The van der Waals surface area contributed by atoms with Crippen LogP contribution in [0, 0.1) is 0 Å². The minimum absolute atomic E-state index is 0.208. The van der Waals surface area contributed by atoms with Gasteiger partial charge in [0.2, 0.25) is 5.91 Å². The zero-order chi connectivity index (χ0) is 17.5. The number of rotatable bonds is 6. The van der Waals surface area contributed by atoms with Crippen molar-refractivity contribution in [2.45, 2.75) is 6.42 Å². The number of hydrogen-bond donors (Lipinski definition) is 2. The van der Waals surface area contributed by atoms with Crippen LogP contribution in [0.3, 0.4) is 0 Å². The maximum atomic E-state index is 12.0. The monoisotopic (exact) mass is 366 g/mol. The number of halogens is 2. The third-order valence-corrected chi connectivity index (χ3v) is 3.59. The number of hydrogen-bond acceptors (Lipinski definition) is 4. The molecule has 126 valence electrons. The summed E-state index contributed by atoms with van der Waals surface area (Å²) in [7, 11) is 1.29. The van der Waals surface area contributed by atoms with Gasteiger partial charge in [0, 0.05) is 28.7 Å². The lowest BCUT2D eigenvalue weighted by atomic mass is 10.1. The van der Waals surface area contributed by atoms with Crippen molar-refractivity contribution in [1.29, 1.82) is 0 Å². The molecule has 0 bridgehead atoms. The summed E-state index contributed by atoms with van der Waals surface area (Å²) in [4.78, 5) is 23.7. The first-order valence-electron chi connectivity index (χ1n) is 7.17. The number of benzene rings is 2. The fraction of sp³-hybridized carbons (Fsp3) is 0.176. The number of anilines is 2. The highest BCUT2D eigenvalue weighted by molar-refractivity contribution is 6.35. The molecule has 7 heteroatoms. The molecular formula is C17H16Cl2N2O3. The molecular weight excluding hydrogens is 351 g/mol. The summed E-state index contributed by atoms with van der Waals surface area (Å²) in [6, 6.07) is 11.7. The van der Waals surface area contributed by atoms with E-state index in [4.69, 9.17) is 27.9 Å². The molecule has 2 aromatic rings. The Hall–Kier alpha value is -2.24. The minimum Gasteiger partial charge on any atom is -0.465 e. The van der Waals surface area contributed by atoms with E-state index >= 15 is 0 Å². The molecule has 0 atom stereocenters. The van der Waals surface area contributed by atoms with Crippen LogP contribution < -0.4 is 10.6 Å². The SMILES string of the molecule is COC(=O)c1ccccc1NC(=O)CCNc1cc(Cl)cc(Cl)c1. The first-order valence-corrected chi connectivity index (χ1v) is 7.92. The fourth-order valence-electron chi connectivity index (χ4n) is 2.07. The molecule has 0 fully saturated rings. The first kappa shape index (κ1) is 18.1. The summed E-state index contributed by atoms with van der Waals surface area (Å²) < 4.78 is 4.69. The predicted molar refractivity (Wildman–Crippen MR) is 96.0 cm³/mol. The van der Waals surface area contributed by atoms with Gasteiger partial charge in [0.1, 0.15) is 0 Å². The molecule has 0 unspecified atom stereocenters. The van der Waals surface area contributed by atoms with Gasteiger partial charge in [0.15, 0.2) is 0 Å². The van der Waals surface area contributed by atoms with Gasteiger partial charge in [-0.15, -0.1) is 0 Å². The fourth-order valence-corrected chi connectivity index (χ4v) is 2.60. The highest BCUT2D eigenvalue weighted by atomic mass is 35.5. The molecule has 0 saturated carbocycles. The van der Waals surface area contributed by atoms with Gasteiger partial charge in [0.25, 0.3) is 0 Å². The Morgan fingerprint density at radius 3 is 2.42 bits per heavy atom. The van der Waals surface area contributed by atoms with Crippen LogP contribution >= 0.6 is 23.2 Å². The van der Waals surface area contributed by atoms with Crippen molar-refractivity contribution < 1.29 is 14.3 Å². The molecule has 0 spiro atoms. The van der Waals surface area contributed by atoms with Crippen molar-refractivity contribution in [1.82, 2.24) is 0 Å². The molecule has 2 N–H and O–H groups in total. The van der Waals surface area contributed by atoms with Gasteiger partial charge in [-0.25, -0.2) is 4.79 Å². The third-order valence-electron chi connectivity index (χ3n) is 3.15. The van der Waals surface area contributed by atoms with Crippen molar-refractivity contribution in [3.63, 3.8) is 0 Å². The lowest BCUT2D eigenvalue weighted by Crippen LogP contribution is -2.18. The van der Waals surface area contributed by atoms with Crippen molar-refractivity contribution in [2.24, 2.45) is 0 Å². The van der Waals surface area contributed by atoms with Crippen LogP contribution in [0.2, 0.25) is 10.0 Å². The van der Waals surface area contributed by atoms with Gasteiger partial charge in [-0.05, 0) is 30.3 Å². The molecule has 0 radical (unpaired) electrons. The Kier molecular flexibility index (Phi) is 6.46. The van der Waals surface area contributed by atoms with Crippen molar-refractivity contribution in [3.8, 4) is 0 Å². The minimum atomic E-state index is -0.502. The van der Waals surface area contributed by atoms with Gasteiger partial charge >= 0.3 is 5.97 Å². The lowest BCUT2D eigenvalue weighted by Gasteiger charge is -2.10. The van der Waals surface area contributed by atoms with E-state index < -0.39 is 5.97 Å². The van der Waals surface area contributed by atoms with Gasteiger partial charge in [-0.1, -0.05) is 35.3 Å². The third kappa shape index (κ3) is 5.15. The summed E-state index contributed by atoms with van der Waals surface area (Å²) in [5, 5.41) is 6.80. The molecule has 0 aliphatic carbocycles. The molecule has 2 rings (SSSR count). The number of esters is 1. The zero-order valence-electron chi connectivity index (χ0n) is 12.9. The summed E-state index contributed by atoms with van der Waals surface area (Å²) in [6.45, 7) is 0.392. The number of nitrogens with one attached hydrogen (secondary N) is 2. The Morgan fingerprint density at radius 1 is 1.08 bits per heavy atom.